The van der Waals surface area contributed by atoms with Crippen LogP contribution in [0.25, 0.3) is 51.1 Å². The summed E-state index contributed by atoms with van der Waals surface area (Å²) in [4.78, 5) is 9.87. The first-order chi connectivity index (χ1) is 16.6. The third-order valence-electron chi connectivity index (χ3n) is 6.04. The van der Waals surface area contributed by atoms with Crippen LogP contribution in [0, 0.1) is 13.8 Å². The van der Waals surface area contributed by atoms with E-state index in [0.29, 0.717) is 0 Å². The summed E-state index contributed by atoms with van der Waals surface area (Å²) in [6.07, 6.45) is 1.86. The van der Waals surface area contributed by atoms with Gasteiger partial charge < -0.3 is 0 Å². The molecule has 0 bridgehead atoms. The molecule has 0 N–H and O–H groups in total. The summed E-state index contributed by atoms with van der Waals surface area (Å²) in [5, 5.41) is 0. The normalized spacial score (nSPS) is 10.8. The lowest BCUT2D eigenvalue weighted by molar-refractivity contribution is 1.18. The molecule has 0 radical (unpaired) electrons. The van der Waals surface area contributed by atoms with Crippen LogP contribution in [-0.2, 0) is 0 Å². The summed E-state index contributed by atoms with van der Waals surface area (Å²) >= 11 is 0. The minimum atomic E-state index is 0.733. The van der Waals surface area contributed by atoms with Crippen molar-refractivity contribution in [3.8, 4) is 45.0 Å². The Morgan fingerprint density at radius 1 is 0.500 bits per heavy atom. The number of aryl methyl sites for hydroxylation is 2. The highest BCUT2D eigenvalue weighted by atomic mass is 14.9. The number of hydrogen-bond donors (Lipinski definition) is 0. The van der Waals surface area contributed by atoms with Crippen molar-refractivity contribution in [3.05, 3.63) is 126 Å². The van der Waals surface area contributed by atoms with Gasteiger partial charge in [-0.15, -0.1) is 0 Å². The van der Waals surface area contributed by atoms with Gasteiger partial charge in [0.1, 0.15) is 0 Å². The van der Waals surface area contributed by atoms with Gasteiger partial charge in [-0.05, 0) is 36.6 Å². The minimum Gasteiger partial charge on any atom is -0.228 e. The molecule has 0 aliphatic heterocycles. The van der Waals surface area contributed by atoms with E-state index >= 15 is 0 Å². The molecule has 0 aliphatic carbocycles. The summed E-state index contributed by atoms with van der Waals surface area (Å²) < 4.78 is 0. The van der Waals surface area contributed by atoms with Crippen LogP contribution >= 0.6 is 0 Å². The summed E-state index contributed by atoms with van der Waals surface area (Å²) in [5.74, 6) is 0.733. The smallest absolute Gasteiger partial charge is 0.160 e. The molecule has 4 aromatic carbocycles. The molecule has 34 heavy (non-hydrogen) atoms. The van der Waals surface area contributed by atoms with Crippen LogP contribution in [0.5, 0.6) is 0 Å². The molecule has 1 aromatic heterocycles. The van der Waals surface area contributed by atoms with Crippen molar-refractivity contribution in [2.24, 2.45) is 0 Å². The van der Waals surface area contributed by atoms with Crippen molar-refractivity contribution < 1.29 is 0 Å². The van der Waals surface area contributed by atoms with Gasteiger partial charge in [-0.3, -0.25) is 0 Å². The maximum absolute atomic E-state index is 4.95. The Morgan fingerprint density at radius 2 is 0.882 bits per heavy atom. The topological polar surface area (TPSA) is 25.8 Å². The van der Waals surface area contributed by atoms with Crippen LogP contribution < -0.4 is 0 Å². The Bertz CT molecular complexity index is 1360. The molecule has 0 aliphatic rings. The van der Waals surface area contributed by atoms with Crippen molar-refractivity contribution >= 4 is 6.08 Å². The maximum Gasteiger partial charge on any atom is 0.160 e. The first-order valence-electron chi connectivity index (χ1n) is 11.5. The number of aromatic nitrogens is 2. The fraction of sp³-hybridized carbons (Fsp3) is 0.0625. The monoisotopic (exact) mass is 438 g/mol. The zero-order valence-electron chi connectivity index (χ0n) is 19.5. The Balaban J connectivity index is 1.57. The Labute approximate surface area is 201 Å². The van der Waals surface area contributed by atoms with Crippen molar-refractivity contribution in [1.29, 1.82) is 0 Å². The van der Waals surface area contributed by atoms with E-state index in [2.05, 4.69) is 124 Å². The van der Waals surface area contributed by atoms with Gasteiger partial charge in [-0.25, -0.2) is 9.97 Å². The fourth-order valence-electron chi connectivity index (χ4n) is 3.94. The van der Waals surface area contributed by atoms with E-state index in [9.17, 15) is 0 Å². The molecule has 0 spiro atoms. The average molecular weight is 439 g/mol. The third-order valence-corrected chi connectivity index (χ3v) is 6.04. The maximum atomic E-state index is 4.95. The van der Waals surface area contributed by atoms with Crippen LogP contribution in [0.2, 0.25) is 0 Å². The molecule has 5 rings (SSSR count). The van der Waals surface area contributed by atoms with Crippen molar-refractivity contribution in [2.45, 2.75) is 13.8 Å². The summed E-state index contributed by atoms with van der Waals surface area (Å²) in [5.41, 5.74) is 10.9. The van der Waals surface area contributed by atoms with Gasteiger partial charge in [-0.2, -0.15) is 0 Å². The van der Waals surface area contributed by atoms with Crippen molar-refractivity contribution in [1.82, 2.24) is 9.97 Å². The van der Waals surface area contributed by atoms with E-state index in [1.807, 2.05) is 6.08 Å². The molecular weight excluding hydrogens is 412 g/mol. The van der Waals surface area contributed by atoms with Gasteiger partial charge in [0.25, 0.3) is 0 Å². The SMILES string of the molecule is C=Cc1ccc(-c2ccc(-c3cc(-c4ccc(C)cc4)nc(-c4ccc(C)cc4)n3)cc2)cc1. The second kappa shape index (κ2) is 9.29. The van der Waals surface area contributed by atoms with E-state index in [-0.39, 0.29) is 0 Å². The van der Waals surface area contributed by atoms with Gasteiger partial charge in [0.15, 0.2) is 5.82 Å². The average Bonchev–Trinajstić information content (AvgIpc) is 2.89. The van der Waals surface area contributed by atoms with Gasteiger partial charge >= 0.3 is 0 Å². The number of rotatable bonds is 5. The molecular formula is C32H26N2. The molecule has 0 unspecified atom stereocenters. The Kier molecular flexibility index (Phi) is 5.88. The molecule has 2 heteroatoms. The zero-order chi connectivity index (χ0) is 23.5. The van der Waals surface area contributed by atoms with Crippen molar-refractivity contribution in [2.75, 3.05) is 0 Å². The van der Waals surface area contributed by atoms with Gasteiger partial charge in [-0.1, -0.05) is 121 Å². The lowest BCUT2D eigenvalue weighted by Gasteiger charge is -2.10. The highest BCUT2D eigenvalue weighted by Crippen LogP contribution is 2.29. The van der Waals surface area contributed by atoms with Gasteiger partial charge in [0.05, 0.1) is 11.4 Å². The van der Waals surface area contributed by atoms with Gasteiger partial charge in [0.2, 0.25) is 0 Å². The quantitative estimate of drug-likeness (QED) is 0.275. The van der Waals surface area contributed by atoms with E-state index < -0.39 is 0 Å². The number of nitrogens with zero attached hydrogens (tertiary/aromatic N) is 2. The first-order valence-corrected chi connectivity index (χ1v) is 11.5. The lowest BCUT2D eigenvalue weighted by Crippen LogP contribution is -1.96. The summed E-state index contributed by atoms with van der Waals surface area (Å²) in [6, 6.07) is 35.9. The molecule has 0 atom stereocenters. The molecule has 0 fully saturated rings. The predicted octanol–water partition coefficient (Wildman–Crippen LogP) is 8.40. The summed E-state index contributed by atoms with van der Waals surface area (Å²) in [7, 11) is 0. The lowest BCUT2D eigenvalue weighted by atomic mass is 10.0. The van der Waals surface area contributed by atoms with E-state index in [0.717, 1.165) is 39.5 Å². The van der Waals surface area contributed by atoms with Crippen LogP contribution in [0.1, 0.15) is 16.7 Å². The standard InChI is InChI=1S/C32H26N2/c1-4-24-9-15-25(16-10-24)26-17-19-28(20-18-26)31-21-30(27-11-5-22(2)6-12-27)33-32(34-31)29-13-7-23(3)8-14-29/h4-21H,1H2,2-3H3. The molecule has 0 saturated heterocycles. The zero-order valence-corrected chi connectivity index (χ0v) is 19.5. The first kappa shape index (κ1) is 21.5. The molecule has 5 aromatic rings. The molecule has 0 amide bonds. The molecule has 164 valence electrons. The largest absolute Gasteiger partial charge is 0.228 e. The van der Waals surface area contributed by atoms with Crippen LogP contribution in [0.4, 0.5) is 0 Å². The van der Waals surface area contributed by atoms with Crippen LogP contribution in [-0.4, -0.2) is 9.97 Å². The predicted molar refractivity (Wildman–Crippen MR) is 143 cm³/mol. The minimum absolute atomic E-state index is 0.733. The summed E-state index contributed by atoms with van der Waals surface area (Å²) in [6.45, 7) is 8.02. The Morgan fingerprint density at radius 3 is 1.35 bits per heavy atom. The number of benzene rings is 4. The van der Waals surface area contributed by atoms with E-state index in [1.54, 1.807) is 0 Å². The second-order valence-electron chi connectivity index (χ2n) is 8.60. The van der Waals surface area contributed by atoms with Crippen molar-refractivity contribution in [3.63, 3.8) is 0 Å². The molecule has 1 heterocycles. The molecule has 2 nitrogen and oxygen atoms in total. The highest BCUT2D eigenvalue weighted by Gasteiger charge is 2.11. The fourth-order valence-corrected chi connectivity index (χ4v) is 3.94. The van der Waals surface area contributed by atoms with E-state index in [1.165, 1.54) is 22.3 Å². The second-order valence-corrected chi connectivity index (χ2v) is 8.60. The number of hydrogen-bond acceptors (Lipinski definition) is 2. The van der Waals surface area contributed by atoms with Gasteiger partial charge in [0, 0.05) is 16.7 Å². The van der Waals surface area contributed by atoms with Crippen LogP contribution in [0.15, 0.2) is 110 Å². The van der Waals surface area contributed by atoms with Crippen LogP contribution in [0.3, 0.4) is 0 Å². The third kappa shape index (κ3) is 4.57. The Hall–Kier alpha value is -4.30. The molecule has 0 saturated carbocycles. The van der Waals surface area contributed by atoms with E-state index in [4.69, 9.17) is 9.97 Å². The highest BCUT2D eigenvalue weighted by molar-refractivity contribution is 5.74.